The standard InChI is InChI=1S/C16H23NO3S2/c1-11-8-14(20-2)6-7-16(11)22(18,19)17-12-4-5-13(17)10-15(9-12)21-3/h6-8,12-13,15H,4-5,9-10H2,1-3H3. The minimum atomic E-state index is -3.42. The predicted octanol–water partition coefficient (Wildman–Crippen LogP) is 3.05. The van der Waals surface area contributed by atoms with Gasteiger partial charge in [-0.3, -0.25) is 0 Å². The Kier molecular flexibility index (Phi) is 4.45. The molecule has 0 amide bonds. The van der Waals surface area contributed by atoms with Crippen molar-refractivity contribution in [2.45, 2.75) is 54.8 Å². The van der Waals surface area contributed by atoms with E-state index in [0.717, 1.165) is 31.2 Å². The minimum absolute atomic E-state index is 0.169. The molecule has 6 heteroatoms. The summed E-state index contributed by atoms with van der Waals surface area (Å²) in [4.78, 5) is 0.424. The molecule has 2 aliphatic heterocycles. The molecule has 1 aromatic carbocycles. The number of thioether (sulfide) groups is 1. The van der Waals surface area contributed by atoms with E-state index in [0.29, 0.717) is 15.9 Å². The van der Waals surface area contributed by atoms with Crippen molar-refractivity contribution < 1.29 is 13.2 Å². The van der Waals surface area contributed by atoms with Gasteiger partial charge in [-0.05, 0) is 62.6 Å². The van der Waals surface area contributed by atoms with E-state index in [9.17, 15) is 8.42 Å². The number of benzene rings is 1. The maximum absolute atomic E-state index is 13.1. The number of fused-ring (bicyclic) bond motifs is 2. The molecule has 0 aliphatic carbocycles. The molecule has 122 valence electrons. The van der Waals surface area contributed by atoms with Crippen molar-refractivity contribution in [3.63, 3.8) is 0 Å². The Bertz CT molecular complexity index is 645. The zero-order chi connectivity index (χ0) is 15.9. The van der Waals surface area contributed by atoms with Crippen LogP contribution in [0.25, 0.3) is 0 Å². The smallest absolute Gasteiger partial charge is 0.243 e. The average Bonchev–Trinajstić information content (AvgIpc) is 2.78. The lowest BCUT2D eigenvalue weighted by Crippen LogP contribution is -2.47. The first-order valence-electron chi connectivity index (χ1n) is 7.68. The van der Waals surface area contributed by atoms with E-state index < -0.39 is 10.0 Å². The molecule has 0 radical (unpaired) electrons. The van der Waals surface area contributed by atoms with Crippen LogP contribution in [0, 0.1) is 6.92 Å². The molecular weight excluding hydrogens is 318 g/mol. The summed E-state index contributed by atoms with van der Waals surface area (Å²) in [7, 11) is -1.82. The van der Waals surface area contributed by atoms with Crippen molar-refractivity contribution in [3.05, 3.63) is 23.8 Å². The summed E-state index contributed by atoms with van der Waals surface area (Å²) in [5, 5.41) is 0.598. The lowest BCUT2D eigenvalue weighted by molar-refractivity contribution is 0.253. The van der Waals surface area contributed by atoms with Crippen molar-refractivity contribution in [3.8, 4) is 5.75 Å². The molecule has 22 heavy (non-hydrogen) atoms. The van der Waals surface area contributed by atoms with Crippen molar-refractivity contribution in [1.82, 2.24) is 4.31 Å². The molecule has 2 unspecified atom stereocenters. The van der Waals surface area contributed by atoms with E-state index in [2.05, 4.69) is 6.26 Å². The quantitative estimate of drug-likeness (QED) is 0.844. The Hall–Kier alpha value is -0.720. The molecular formula is C16H23NO3S2. The van der Waals surface area contributed by atoms with Gasteiger partial charge in [0.15, 0.2) is 0 Å². The number of methoxy groups -OCH3 is 1. The number of hydrogen-bond donors (Lipinski definition) is 0. The van der Waals surface area contributed by atoms with Crippen LogP contribution in [0.2, 0.25) is 0 Å². The first-order chi connectivity index (χ1) is 10.5. The van der Waals surface area contributed by atoms with Gasteiger partial charge in [-0.1, -0.05) is 0 Å². The summed E-state index contributed by atoms with van der Waals surface area (Å²) in [5.74, 6) is 0.695. The van der Waals surface area contributed by atoms with Crippen LogP contribution in [0.4, 0.5) is 0 Å². The number of hydrogen-bond acceptors (Lipinski definition) is 4. The highest BCUT2D eigenvalue weighted by molar-refractivity contribution is 7.99. The Morgan fingerprint density at radius 2 is 1.86 bits per heavy atom. The summed E-state index contributed by atoms with van der Waals surface area (Å²) >= 11 is 1.87. The molecule has 2 saturated heterocycles. The van der Waals surface area contributed by atoms with Crippen LogP contribution in [-0.4, -0.2) is 43.4 Å². The van der Waals surface area contributed by atoms with Crippen molar-refractivity contribution in [1.29, 1.82) is 0 Å². The molecule has 2 atom stereocenters. The molecule has 0 aromatic heterocycles. The predicted molar refractivity (Wildman–Crippen MR) is 90.1 cm³/mol. The summed E-state index contributed by atoms with van der Waals surface area (Å²) < 4.78 is 33.3. The van der Waals surface area contributed by atoms with Gasteiger partial charge in [0, 0.05) is 17.3 Å². The Morgan fingerprint density at radius 3 is 2.36 bits per heavy atom. The van der Waals surface area contributed by atoms with Crippen molar-refractivity contribution in [2.24, 2.45) is 0 Å². The zero-order valence-corrected chi connectivity index (χ0v) is 14.9. The van der Waals surface area contributed by atoms with Gasteiger partial charge in [0.25, 0.3) is 0 Å². The second kappa shape index (κ2) is 6.06. The second-order valence-corrected chi connectivity index (χ2v) is 9.13. The van der Waals surface area contributed by atoms with E-state index in [-0.39, 0.29) is 12.1 Å². The number of nitrogens with zero attached hydrogens (tertiary/aromatic N) is 1. The number of aryl methyl sites for hydroxylation is 1. The maximum Gasteiger partial charge on any atom is 0.243 e. The van der Waals surface area contributed by atoms with Gasteiger partial charge in [0.2, 0.25) is 10.0 Å². The van der Waals surface area contributed by atoms with Gasteiger partial charge in [0.1, 0.15) is 5.75 Å². The van der Waals surface area contributed by atoms with E-state index in [1.54, 1.807) is 29.6 Å². The Balaban J connectivity index is 1.94. The van der Waals surface area contributed by atoms with E-state index in [1.807, 2.05) is 18.7 Å². The zero-order valence-electron chi connectivity index (χ0n) is 13.3. The first kappa shape index (κ1) is 16.1. The number of sulfonamides is 1. The van der Waals surface area contributed by atoms with Crippen molar-refractivity contribution >= 4 is 21.8 Å². The SMILES string of the molecule is COc1ccc(S(=O)(=O)N2C3CCC2CC(SC)C3)c(C)c1. The topological polar surface area (TPSA) is 46.6 Å². The molecule has 0 N–H and O–H groups in total. The normalized spacial score (nSPS) is 28.8. The van der Waals surface area contributed by atoms with Crippen LogP contribution in [0.15, 0.2) is 23.1 Å². The van der Waals surface area contributed by atoms with E-state index in [4.69, 9.17) is 4.74 Å². The molecule has 0 spiro atoms. The molecule has 2 heterocycles. The van der Waals surface area contributed by atoms with Crippen LogP contribution in [0.3, 0.4) is 0 Å². The van der Waals surface area contributed by atoms with Crippen LogP contribution >= 0.6 is 11.8 Å². The van der Waals surface area contributed by atoms with E-state index >= 15 is 0 Å². The van der Waals surface area contributed by atoms with Crippen molar-refractivity contribution in [2.75, 3.05) is 13.4 Å². The molecule has 2 fully saturated rings. The average molecular weight is 341 g/mol. The number of rotatable bonds is 4. The molecule has 1 aromatic rings. The van der Waals surface area contributed by atoms with Crippen LogP contribution in [0.5, 0.6) is 5.75 Å². The lowest BCUT2D eigenvalue weighted by Gasteiger charge is -2.37. The number of ether oxygens (including phenoxy) is 1. The summed E-state index contributed by atoms with van der Waals surface area (Å²) in [6.45, 7) is 1.84. The molecule has 2 aliphatic rings. The first-order valence-corrected chi connectivity index (χ1v) is 10.4. The van der Waals surface area contributed by atoms with Gasteiger partial charge >= 0.3 is 0 Å². The highest BCUT2D eigenvalue weighted by atomic mass is 32.2. The van der Waals surface area contributed by atoms with Crippen LogP contribution in [0.1, 0.15) is 31.2 Å². The fourth-order valence-corrected chi connectivity index (χ4v) is 6.75. The fourth-order valence-electron chi connectivity index (χ4n) is 3.82. The molecule has 2 bridgehead atoms. The lowest BCUT2D eigenvalue weighted by atomic mass is 10.1. The second-order valence-electron chi connectivity index (χ2n) is 6.18. The van der Waals surface area contributed by atoms with Gasteiger partial charge in [-0.15, -0.1) is 0 Å². The third-order valence-electron chi connectivity index (χ3n) is 4.89. The monoisotopic (exact) mass is 341 g/mol. The molecule has 0 saturated carbocycles. The minimum Gasteiger partial charge on any atom is -0.497 e. The summed E-state index contributed by atoms with van der Waals surface area (Å²) in [6.07, 6.45) is 6.08. The number of piperidine rings is 1. The Morgan fingerprint density at radius 1 is 1.23 bits per heavy atom. The van der Waals surface area contributed by atoms with Gasteiger partial charge in [-0.25, -0.2) is 8.42 Å². The van der Waals surface area contributed by atoms with Crippen LogP contribution < -0.4 is 4.74 Å². The Labute approximate surface area is 137 Å². The highest BCUT2D eigenvalue weighted by Gasteiger charge is 2.47. The van der Waals surface area contributed by atoms with Gasteiger partial charge in [0.05, 0.1) is 12.0 Å². The highest BCUT2D eigenvalue weighted by Crippen LogP contribution is 2.43. The summed E-state index contributed by atoms with van der Waals surface area (Å²) in [5.41, 5.74) is 0.755. The van der Waals surface area contributed by atoms with Gasteiger partial charge < -0.3 is 4.74 Å². The summed E-state index contributed by atoms with van der Waals surface area (Å²) in [6, 6.07) is 5.55. The maximum atomic E-state index is 13.1. The largest absolute Gasteiger partial charge is 0.497 e. The van der Waals surface area contributed by atoms with Gasteiger partial charge in [-0.2, -0.15) is 16.1 Å². The fraction of sp³-hybridized carbons (Fsp3) is 0.625. The third kappa shape index (κ3) is 2.65. The molecule has 4 nitrogen and oxygen atoms in total. The van der Waals surface area contributed by atoms with E-state index in [1.165, 1.54) is 0 Å². The third-order valence-corrected chi connectivity index (χ3v) is 8.11. The van der Waals surface area contributed by atoms with Crippen LogP contribution in [-0.2, 0) is 10.0 Å². The molecule has 3 rings (SSSR count).